The van der Waals surface area contributed by atoms with Crippen molar-refractivity contribution >= 4 is 15.9 Å². The molecule has 0 aliphatic heterocycles. The zero-order valence-corrected chi connectivity index (χ0v) is 16.6. The third kappa shape index (κ3) is 4.78. The first-order valence-corrected chi connectivity index (χ1v) is 9.76. The maximum atomic E-state index is 12.7. The van der Waals surface area contributed by atoms with E-state index in [0.29, 0.717) is 11.5 Å². The summed E-state index contributed by atoms with van der Waals surface area (Å²) in [6.07, 6.45) is 0. The summed E-state index contributed by atoms with van der Waals surface area (Å²) in [6, 6.07) is 11.4. The van der Waals surface area contributed by atoms with Gasteiger partial charge in [-0.3, -0.25) is 4.79 Å². The highest BCUT2D eigenvalue weighted by Gasteiger charge is 2.30. The summed E-state index contributed by atoms with van der Waals surface area (Å²) in [5, 5.41) is 7.95. The van der Waals surface area contributed by atoms with Gasteiger partial charge in [0.2, 0.25) is 15.9 Å². The Hall–Kier alpha value is -2.58. The molecule has 3 N–H and O–H groups in total. The summed E-state index contributed by atoms with van der Waals surface area (Å²) in [7, 11) is -0.638. The Kier molecular flexibility index (Phi) is 6.12. The molecule has 0 aliphatic carbocycles. The van der Waals surface area contributed by atoms with Crippen molar-refractivity contribution in [2.45, 2.75) is 30.7 Å². The normalized spacial score (nSPS) is 11.7. The molecule has 0 saturated heterocycles. The number of rotatable bonds is 7. The first-order valence-electron chi connectivity index (χ1n) is 8.22. The lowest BCUT2D eigenvalue weighted by Gasteiger charge is -2.25. The Balaban J connectivity index is 2.12. The van der Waals surface area contributed by atoms with E-state index < -0.39 is 15.4 Å². The predicted molar refractivity (Wildman–Crippen MR) is 102 cm³/mol. The molecule has 2 aromatic rings. The van der Waals surface area contributed by atoms with E-state index in [9.17, 15) is 13.2 Å². The van der Waals surface area contributed by atoms with Crippen LogP contribution in [0.4, 0.5) is 0 Å². The van der Waals surface area contributed by atoms with Crippen LogP contribution in [0.25, 0.3) is 0 Å². The van der Waals surface area contributed by atoms with Gasteiger partial charge in [0.15, 0.2) is 11.5 Å². The lowest BCUT2D eigenvalue weighted by Crippen LogP contribution is -2.39. The number of carbonyl (C=O) groups excluding carboxylic acids is 1. The second-order valence-electron chi connectivity index (χ2n) is 6.57. The Bertz CT molecular complexity index is 922. The van der Waals surface area contributed by atoms with Crippen molar-refractivity contribution in [3.63, 3.8) is 0 Å². The molecule has 0 saturated carbocycles. The summed E-state index contributed by atoms with van der Waals surface area (Å²) >= 11 is 0. The van der Waals surface area contributed by atoms with Crippen LogP contribution in [0.3, 0.4) is 0 Å². The first kappa shape index (κ1) is 20.7. The average Bonchev–Trinajstić information content (AvgIpc) is 2.64. The SMILES string of the molecule is COc1ccc(C(C)(C)C(=O)NCc2ccc(S(N)(=O)=O)cc2)cc1OC. The Morgan fingerprint density at radius 3 is 2.15 bits per heavy atom. The van der Waals surface area contributed by atoms with Crippen LogP contribution in [0.5, 0.6) is 11.5 Å². The molecule has 0 atom stereocenters. The summed E-state index contributed by atoms with van der Waals surface area (Å²) < 4.78 is 33.1. The van der Waals surface area contributed by atoms with Gasteiger partial charge < -0.3 is 14.8 Å². The van der Waals surface area contributed by atoms with E-state index >= 15 is 0 Å². The second kappa shape index (κ2) is 7.98. The lowest BCUT2D eigenvalue weighted by molar-refractivity contribution is -0.125. The minimum absolute atomic E-state index is 0.0308. The van der Waals surface area contributed by atoms with Crippen LogP contribution >= 0.6 is 0 Å². The molecule has 2 aromatic carbocycles. The van der Waals surface area contributed by atoms with Crippen LogP contribution in [-0.2, 0) is 26.8 Å². The van der Waals surface area contributed by atoms with E-state index in [2.05, 4.69) is 5.32 Å². The fourth-order valence-corrected chi connectivity index (χ4v) is 3.07. The largest absolute Gasteiger partial charge is 0.493 e. The summed E-state index contributed by atoms with van der Waals surface area (Å²) in [6.45, 7) is 3.89. The van der Waals surface area contributed by atoms with Gasteiger partial charge in [-0.15, -0.1) is 0 Å². The number of hydrogen-bond donors (Lipinski definition) is 2. The number of ether oxygens (including phenoxy) is 2. The van der Waals surface area contributed by atoms with Crippen LogP contribution in [0.2, 0.25) is 0 Å². The molecule has 0 aromatic heterocycles. The molecule has 1 amide bonds. The van der Waals surface area contributed by atoms with Gasteiger partial charge in [-0.05, 0) is 49.2 Å². The second-order valence-corrected chi connectivity index (χ2v) is 8.13. The van der Waals surface area contributed by atoms with E-state index in [1.54, 1.807) is 38.5 Å². The van der Waals surface area contributed by atoms with Crippen molar-refractivity contribution in [3.05, 3.63) is 53.6 Å². The molecule has 0 spiro atoms. The minimum Gasteiger partial charge on any atom is -0.493 e. The molecule has 0 bridgehead atoms. The van der Waals surface area contributed by atoms with Gasteiger partial charge in [0.05, 0.1) is 24.5 Å². The summed E-state index contributed by atoms with van der Waals surface area (Å²) in [4.78, 5) is 12.8. The van der Waals surface area contributed by atoms with Crippen molar-refractivity contribution < 1.29 is 22.7 Å². The van der Waals surface area contributed by atoms with Gasteiger partial charge in [-0.25, -0.2) is 13.6 Å². The molecule has 0 radical (unpaired) electrons. The quantitative estimate of drug-likeness (QED) is 0.749. The molecule has 146 valence electrons. The van der Waals surface area contributed by atoms with Crippen molar-refractivity contribution in [3.8, 4) is 11.5 Å². The van der Waals surface area contributed by atoms with Crippen LogP contribution in [0, 0.1) is 0 Å². The summed E-state index contributed by atoms with van der Waals surface area (Å²) in [5.41, 5.74) is 0.737. The molecule has 27 heavy (non-hydrogen) atoms. The number of primary sulfonamides is 1. The number of benzene rings is 2. The van der Waals surface area contributed by atoms with E-state index in [1.165, 1.54) is 12.1 Å². The number of hydrogen-bond acceptors (Lipinski definition) is 5. The highest BCUT2D eigenvalue weighted by atomic mass is 32.2. The van der Waals surface area contributed by atoms with Gasteiger partial charge in [0.25, 0.3) is 0 Å². The maximum Gasteiger partial charge on any atom is 0.238 e. The highest BCUT2D eigenvalue weighted by Crippen LogP contribution is 2.33. The van der Waals surface area contributed by atoms with Crippen molar-refractivity contribution in [1.29, 1.82) is 0 Å². The molecule has 0 aliphatic rings. The standard InChI is InChI=1S/C19H24N2O5S/c1-19(2,14-7-10-16(25-3)17(11-14)26-4)18(22)21-12-13-5-8-15(9-6-13)27(20,23)24/h5-11H,12H2,1-4H3,(H,21,22)(H2,20,23,24). The van der Waals surface area contributed by atoms with Crippen molar-refractivity contribution in [2.75, 3.05) is 14.2 Å². The highest BCUT2D eigenvalue weighted by molar-refractivity contribution is 7.89. The third-order valence-electron chi connectivity index (χ3n) is 4.38. The topological polar surface area (TPSA) is 108 Å². The monoisotopic (exact) mass is 392 g/mol. The maximum absolute atomic E-state index is 12.7. The molecule has 2 rings (SSSR count). The number of amides is 1. The molecule has 0 fully saturated rings. The predicted octanol–water partition coefficient (Wildman–Crippen LogP) is 1.95. The van der Waals surface area contributed by atoms with Gasteiger partial charge in [0, 0.05) is 6.54 Å². The van der Waals surface area contributed by atoms with Gasteiger partial charge in [0.1, 0.15) is 0 Å². The molecular weight excluding hydrogens is 368 g/mol. The van der Waals surface area contributed by atoms with Gasteiger partial charge >= 0.3 is 0 Å². The van der Waals surface area contributed by atoms with Gasteiger partial charge in [-0.1, -0.05) is 18.2 Å². The number of sulfonamides is 1. The molecule has 0 unspecified atom stereocenters. The average molecular weight is 392 g/mol. The van der Waals surface area contributed by atoms with Crippen LogP contribution < -0.4 is 19.9 Å². The minimum atomic E-state index is -3.73. The molecular formula is C19H24N2O5S. The zero-order valence-electron chi connectivity index (χ0n) is 15.8. The number of nitrogens with two attached hydrogens (primary N) is 1. The fraction of sp³-hybridized carbons (Fsp3) is 0.316. The van der Waals surface area contributed by atoms with Crippen LogP contribution in [-0.4, -0.2) is 28.5 Å². The Morgan fingerprint density at radius 1 is 1.04 bits per heavy atom. The Morgan fingerprint density at radius 2 is 1.63 bits per heavy atom. The summed E-state index contributed by atoms with van der Waals surface area (Å²) in [5.74, 6) is 0.965. The zero-order chi connectivity index (χ0) is 20.2. The van der Waals surface area contributed by atoms with E-state index in [1.807, 2.05) is 19.9 Å². The molecule has 7 nitrogen and oxygen atoms in total. The first-order chi connectivity index (χ1) is 12.6. The number of carbonyl (C=O) groups is 1. The van der Waals surface area contributed by atoms with E-state index in [4.69, 9.17) is 14.6 Å². The van der Waals surface area contributed by atoms with Crippen molar-refractivity contribution in [2.24, 2.45) is 5.14 Å². The number of nitrogens with one attached hydrogen (secondary N) is 1. The molecule has 8 heteroatoms. The van der Waals surface area contributed by atoms with Crippen LogP contribution in [0.15, 0.2) is 47.4 Å². The number of methoxy groups -OCH3 is 2. The van der Waals surface area contributed by atoms with Gasteiger partial charge in [-0.2, -0.15) is 0 Å². The van der Waals surface area contributed by atoms with Crippen LogP contribution in [0.1, 0.15) is 25.0 Å². The fourth-order valence-electron chi connectivity index (χ4n) is 2.56. The van der Waals surface area contributed by atoms with Crippen molar-refractivity contribution in [1.82, 2.24) is 5.32 Å². The third-order valence-corrected chi connectivity index (χ3v) is 5.31. The molecule has 0 heterocycles. The van der Waals surface area contributed by atoms with E-state index in [0.717, 1.165) is 11.1 Å². The smallest absolute Gasteiger partial charge is 0.238 e. The van der Waals surface area contributed by atoms with E-state index in [-0.39, 0.29) is 17.3 Å². The Labute approximate surface area is 159 Å². The lowest BCUT2D eigenvalue weighted by atomic mass is 9.83.